The van der Waals surface area contributed by atoms with Gasteiger partial charge in [-0.2, -0.15) is 0 Å². The number of sulfonamides is 1. The van der Waals surface area contributed by atoms with Gasteiger partial charge in [0.15, 0.2) is 0 Å². The van der Waals surface area contributed by atoms with Gasteiger partial charge in [0, 0.05) is 24.2 Å². The van der Waals surface area contributed by atoms with Crippen molar-refractivity contribution in [2.45, 2.75) is 69.9 Å². The fourth-order valence-electron chi connectivity index (χ4n) is 5.27. The van der Waals surface area contributed by atoms with E-state index in [0.717, 1.165) is 42.6 Å². The summed E-state index contributed by atoms with van der Waals surface area (Å²) in [5.74, 6) is 0.977. The molecule has 0 bridgehead atoms. The van der Waals surface area contributed by atoms with Gasteiger partial charge in [0.25, 0.3) is 15.9 Å². The lowest BCUT2D eigenvalue weighted by atomic mass is 9.98. The molecule has 1 N–H and O–H groups in total. The number of amides is 1. The predicted octanol–water partition coefficient (Wildman–Crippen LogP) is 5.24. The molecule has 1 saturated carbocycles. The number of nitrogens with one attached hydrogen (secondary N) is 1. The number of hydrogen-bond donors (Lipinski definition) is 1. The second kappa shape index (κ2) is 10.9. The van der Waals surface area contributed by atoms with Crippen LogP contribution in [0.25, 0.3) is 11.1 Å². The molecule has 10 heteroatoms. The van der Waals surface area contributed by atoms with Gasteiger partial charge in [-0.3, -0.25) is 14.7 Å². The maximum Gasteiger partial charge on any atom is 0.264 e. The third kappa shape index (κ3) is 5.35. The molecule has 1 aromatic heterocycles. The highest BCUT2D eigenvalue weighted by atomic mass is 32.2. The van der Waals surface area contributed by atoms with Crippen molar-refractivity contribution in [2.24, 2.45) is 4.99 Å². The van der Waals surface area contributed by atoms with Crippen molar-refractivity contribution in [1.82, 2.24) is 10.1 Å². The van der Waals surface area contributed by atoms with Gasteiger partial charge in [-0.15, -0.1) is 0 Å². The number of ether oxygens (including phenoxy) is 1. The van der Waals surface area contributed by atoms with Crippen molar-refractivity contribution in [3.8, 4) is 11.1 Å². The van der Waals surface area contributed by atoms with Gasteiger partial charge >= 0.3 is 0 Å². The minimum atomic E-state index is -3.93. The maximum atomic E-state index is 13.5. The van der Waals surface area contributed by atoms with E-state index < -0.39 is 15.6 Å². The van der Waals surface area contributed by atoms with Gasteiger partial charge in [0.05, 0.1) is 23.7 Å². The number of hydrogen-bond acceptors (Lipinski definition) is 7. The van der Waals surface area contributed by atoms with Crippen molar-refractivity contribution in [1.29, 1.82) is 0 Å². The Bertz CT molecular complexity index is 1490. The number of nitrogens with zero attached hydrogens (tertiary/aromatic N) is 3. The van der Waals surface area contributed by atoms with Crippen LogP contribution >= 0.6 is 0 Å². The third-order valence-corrected chi connectivity index (χ3v) is 8.96. The molecule has 39 heavy (non-hydrogen) atoms. The number of anilines is 1. The van der Waals surface area contributed by atoms with Crippen LogP contribution < -0.4 is 4.72 Å². The summed E-state index contributed by atoms with van der Waals surface area (Å²) in [7, 11) is -3.93. The second-order valence-electron chi connectivity index (χ2n) is 10.1. The molecule has 2 heterocycles. The van der Waals surface area contributed by atoms with E-state index >= 15 is 0 Å². The van der Waals surface area contributed by atoms with Gasteiger partial charge in [-0.25, -0.2) is 13.1 Å². The minimum Gasteiger partial charge on any atom is -0.381 e. The minimum absolute atomic E-state index is 0.0797. The molecule has 2 aromatic carbocycles. The number of aromatic nitrogens is 1. The van der Waals surface area contributed by atoms with E-state index in [9.17, 15) is 13.2 Å². The average molecular weight is 551 g/mol. The molecule has 1 aliphatic heterocycles. The van der Waals surface area contributed by atoms with E-state index in [1.807, 2.05) is 36.1 Å². The molecule has 3 aromatic rings. The van der Waals surface area contributed by atoms with Gasteiger partial charge in [-0.1, -0.05) is 60.5 Å². The Morgan fingerprint density at radius 1 is 1.08 bits per heavy atom. The summed E-state index contributed by atoms with van der Waals surface area (Å²) >= 11 is 0. The smallest absolute Gasteiger partial charge is 0.264 e. The van der Waals surface area contributed by atoms with E-state index in [1.54, 1.807) is 38.1 Å². The first kappa shape index (κ1) is 27.1. The molecule has 0 saturated heterocycles. The molecule has 9 nitrogen and oxygen atoms in total. The van der Waals surface area contributed by atoms with E-state index in [0.29, 0.717) is 43.0 Å². The van der Waals surface area contributed by atoms with Crippen molar-refractivity contribution >= 4 is 27.7 Å². The Kier molecular flexibility index (Phi) is 7.59. The molecular formula is C29H34N4O5S. The van der Waals surface area contributed by atoms with Crippen LogP contribution in [0.5, 0.6) is 0 Å². The number of rotatable bonds is 10. The monoisotopic (exact) mass is 550 g/mol. The van der Waals surface area contributed by atoms with Crippen LogP contribution in [0.2, 0.25) is 0 Å². The number of carbonyl (C=O) groups is 1. The normalized spacial score (nSPS) is 16.7. The first-order valence-corrected chi connectivity index (χ1v) is 14.8. The fourth-order valence-corrected chi connectivity index (χ4v) is 6.55. The first-order chi connectivity index (χ1) is 18.7. The Morgan fingerprint density at radius 3 is 2.46 bits per heavy atom. The molecule has 206 valence electrons. The van der Waals surface area contributed by atoms with Gasteiger partial charge in [0.2, 0.25) is 5.88 Å². The van der Waals surface area contributed by atoms with E-state index in [1.165, 1.54) is 0 Å². The molecule has 5 rings (SSSR count). The summed E-state index contributed by atoms with van der Waals surface area (Å²) in [5.41, 5.74) is 2.90. The second-order valence-corrected chi connectivity index (χ2v) is 11.8. The van der Waals surface area contributed by atoms with Crippen molar-refractivity contribution in [3.05, 3.63) is 65.4 Å². The zero-order chi connectivity index (χ0) is 27.6. The molecule has 0 atom stereocenters. The largest absolute Gasteiger partial charge is 0.381 e. The fraction of sp³-hybridized carbons (Fsp3) is 0.414. The van der Waals surface area contributed by atoms with Gasteiger partial charge in [-0.05, 0) is 50.8 Å². The van der Waals surface area contributed by atoms with E-state index in [2.05, 4.69) is 9.88 Å². The SMILES string of the molecule is CCOCCC1=NC2(CCCC2)C(=O)N1Cc1ccc(-c2ccccc2S(=O)(=O)Nc2onc(C)c2C)cc1. The highest BCUT2D eigenvalue weighted by Gasteiger charge is 2.49. The van der Waals surface area contributed by atoms with Crippen molar-refractivity contribution < 1.29 is 22.5 Å². The third-order valence-electron chi connectivity index (χ3n) is 7.57. The molecule has 1 aliphatic carbocycles. The Balaban J connectivity index is 1.37. The molecule has 2 aliphatic rings. The molecule has 1 spiro atoms. The summed E-state index contributed by atoms with van der Waals surface area (Å²) in [6.07, 6.45) is 4.23. The average Bonchev–Trinajstić information content (AvgIpc) is 3.60. The van der Waals surface area contributed by atoms with Gasteiger partial charge in [0.1, 0.15) is 11.4 Å². The Morgan fingerprint density at radius 2 is 1.79 bits per heavy atom. The van der Waals surface area contributed by atoms with Crippen LogP contribution in [-0.2, 0) is 26.1 Å². The molecule has 0 radical (unpaired) electrons. The Hall–Kier alpha value is -3.50. The van der Waals surface area contributed by atoms with Crippen molar-refractivity contribution in [2.75, 3.05) is 17.9 Å². The number of amidine groups is 1. The zero-order valence-electron chi connectivity index (χ0n) is 22.6. The summed E-state index contributed by atoms with van der Waals surface area (Å²) in [6.45, 7) is 7.02. The summed E-state index contributed by atoms with van der Waals surface area (Å²) < 4.78 is 39.8. The topological polar surface area (TPSA) is 114 Å². The molecular weight excluding hydrogens is 516 g/mol. The summed E-state index contributed by atoms with van der Waals surface area (Å²) in [4.78, 5) is 20.3. The van der Waals surface area contributed by atoms with Crippen LogP contribution in [0.4, 0.5) is 5.88 Å². The van der Waals surface area contributed by atoms with Crippen LogP contribution in [0.1, 0.15) is 55.8 Å². The van der Waals surface area contributed by atoms with Crippen LogP contribution in [0.15, 0.2) is 62.9 Å². The maximum absolute atomic E-state index is 13.5. The number of carbonyl (C=O) groups excluding carboxylic acids is 1. The molecule has 1 amide bonds. The first-order valence-electron chi connectivity index (χ1n) is 13.4. The lowest BCUT2D eigenvalue weighted by Crippen LogP contribution is -2.40. The molecule has 0 unspecified atom stereocenters. The molecule has 1 fully saturated rings. The predicted molar refractivity (Wildman–Crippen MR) is 149 cm³/mol. The summed E-state index contributed by atoms with van der Waals surface area (Å²) in [5, 5.41) is 3.84. The standard InChI is InChI=1S/C29H34N4O5S/c1-4-37-18-15-26-30-29(16-7-8-17-29)28(34)33(26)19-22-11-13-23(14-12-22)24-9-5-6-10-25(24)39(35,36)32-27-20(2)21(3)31-38-27/h5-6,9-14,32H,4,7-8,15-19H2,1-3H3. The number of aliphatic imine (C=N–C) groups is 1. The Labute approximate surface area is 229 Å². The van der Waals surface area contributed by atoms with Crippen LogP contribution in [0, 0.1) is 13.8 Å². The van der Waals surface area contributed by atoms with Crippen molar-refractivity contribution in [3.63, 3.8) is 0 Å². The highest BCUT2D eigenvalue weighted by molar-refractivity contribution is 7.92. The van der Waals surface area contributed by atoms with Crippen LogP contribution in [-0.4, -0.2) is 49.0 Å². The van der Waals surface area contributed by atoms with Crippen LogP contribution in [0.3, 0.4) is 0 Å². The highest BCUT2D eigenvalue weighted by Crippen LogP contribution is 2.40. The van der Waals surface area contributed by atoms with E-state index in [4.69, 9.17) is 14.3 Å². The lowest BCUT2D eigenvalue weighted by molar-refractivity contribution is -0.131. The number of aryl methyl sites for hydroxylation is 1. The van der Waals surface area contributed by atoms with Gasteiger partial charge < -0.3 is 9.26 Å². The number of benzene rings is 2. The summed E-state index contributed by atoms with van der Waals surface area (Å²) in [6, 6.07) is 14.5. The lowest BCUT2D eigenvalue weighted by Gasteiger charge is -2.23. The zero-order valence-corrected chi connectivity index (χ0v) is 23.4. The van der Waals surface area contributed by atoms with E-state index in [-0.39, 0.29) is 16.7 Å². The quantitative estimate of drug-likeness (QED) is 0.345.